The maximum absolute atomic E-state index is 10.7. The summed E-state index contributed by atoms with van der Waals surface area (Å²) >= 11 is 0. The summed E-state index contributed by atoms with van der Waals surface area (Å²) in [6.07, 6.45) is 1.76. The van der Waals surface area contributed by atoms with Gasteiger partial charge in [0.1, 0.15) is 5.78 Å². The first-order valence-electron chi connectivity index (χ1n) is 3.42. The number of ketones is 1. The van der Waals surface area contributed by atoms with E-state index in [0.717, 1.165) is 12.8 Å². The van der Waals surface area contributed by atoms with Gasteiger partial charge >= 0.3 is 0 Å². The van der Waals surface area contributed by atoms with Crippen LogP contribution in [-0.2, 0) is 4.79 Å². The summed E-state index contributed by atoms with van der Waals surface area (Å²) in [6.45, 7) is 4.27. The molecule has 0 radical (unpaired) electrons. The van der Waals surface area contributed by atoms with Gasteiger partial charge in [-0.1, -0.05) is 6.92 Å². The van der Waals surface area contributed by atoms with E-state index in [1.165, 1.54) is 0 Å². The van der Waals surface area contributed by atoms with Crippen molar-refractivity contribution in [2.45, 2.75) is 26.7 Å². The van der Waals surface area contributed by atoms with Gasteiger partial charge in [-0.2, -0.15) is 0 Å². The van der Waals surface area contributed by atoms with Crippen molar-refractivity contribution < 1.29 is 4.79 Å². The van der Waals surface area contributed by atoms with E-state index >= 15 is 0 Å². The van der Waals surface area contributed by atoms with Gasteiger partial charge in [-0.15, -0.1) is 0 Å². The summed E-state index contributed by atoms with van der Waals surface area (Å²) < 4.78 is 0. The van der Waals surface area contributed by atoms with E-state index in [9.17, 15) is 4.79 Å². The van der Waals surface area contributed by atoms with E-state index < -0.39 is 0 Å². The maximum Gasteiger partial charge on any atom is 0.132 e. The van der Waals surface area contributed by atoms with Crippen LogP contribution in [0.5, 0.6) is 0 Å². The van der Waals surface area contributed by atoms with Crippen LogP contribution in [0.1, 0.15) is 26.7 Å². The fourth-order valence-electron chi connectivity index (χ4n) is 0.896. The normalized spacial score (nSPS) is 13.2. The maximum atomic E-state index is 10.7. The molecule has 0 aliphatic rings. The molecule has 54 valence electrons. The third kappa shape index (κ3) is 3.25. The number of nitrogens with two attached hydrogens (primary N) is 1. The predicted molar refractivity (Wildman–Crippen MR) is 38.1 cm³/mol. The summed E-state index contributed by atoms with van der Waals surface area (Å²) in [5, 5.41) is 0. The minimum absolute atomic E-state index is 0.204. The Labute approximate surface area is 56.4 Å². The second-order valence-corrected chi connectivity index (χ2v) is 2.29. The molecule has 0 saturated heterocycles. The zero-order valence-corrected chi connectivity index (χ0v) is 6.18. The minimum atomic E-state index is 0.204. The molecule has 0 aromatic rings. The van der Waals surface area contributed by atoms with Crippen LogP contribution in [0.2, 0.25) is 0 Å². The van der Waals surface area contributed by atoms with Gasteiger partial charge in [-0.3, -0.25) is 4.79 Å². The van der Waals surface area contributed by atoms with Crippen molar-refractivity contribution in [1.29, 1.82) is 0 Å². The Morgan fingerprint density at radius 3 is 2.33 bits per heavy atom. The van der Waals surface area contributed by atoms with Gasteiger partial charge in [0, 0.05) is 5.92 Å². The molecule has 0 aliphatic heterocycles. The van der Waals surface area contributed by atoms with Crippen LogP contribution in [0, 0.1) is 5.92 Å². The summed E-state index contributed by atoms with van der Waals surface area (Å²) in [6, 6.07) is 0. The van der Waals surface area contributed by atoms with Crippen molar-refractivity contribution >= 4 is 5.78 Å². The topological polar surface area (TPSA) is 43.1 Å². The van der Waals surface area contributed by atoms with E-state index in [-0.39, 0.29) is 11.7 Å². The number of Topliss-reactive ketones (excluding diaryl/α,β-unsaturated/α-hetero) is 1. The van der Waals surface area contributed by atoms with Crippen molar-refractivity contribution in [2.24, 2.45) is 11.7 Å². The van der Waals surface area contributed by atoms with Gasteiger partial charge in [0.2, 0.25) is 0 Å². The largest absolute Gasteiger partial charge is 0.330 e. The van der Waals surface area contributed by atoms with Crippen LogP contribution in [0.25, 0.3) is 0 Å². The fourth-order valence-corrected chi connectivity index (χ4v) is 0.896. The third-order valence-corrected chi connectivity index (χ3v) is 1.58. The SMILES string of the molecule is CC[C@H](CCN)C(C)=O. The van der Waals surface area contributed by atoms with Gasteiger partial charge in [0.05, 0.1) is 0 Å². The van der Waals surface area contributed by atoms with Gasteiger partial charge < -0.3 is 5.73 Å². The van der Waals surface area contributed by atoms with Crippen LogP contribution in [0.3, 0.4) is 0 Å². The lowest BCUT2D eigenvalue weighted by molar-refractivity contribution is -0.120. The molecule has 2 nitrogen and oxygen atoms in total. The highest BCUT2D eigenvalue weighted by molar-refractivity contribution is 5.78. The summed E-state index contributed by atoms with van der Waals surface area (Å²) in [7, 11) is 0. The number of hydrogen-bond acceptors (Lipinski definition) is 2. The van der Waals surface area contributed by atoms with Crippen LogP contribution in [0.15, 0.2) is 0 Å². The fraction of sp³-hybridized carbons (Fsp3) is 0.857. The Balaban J connectivity index is 3.54. The van der Waals surface area contributed by atoms with Crippen LogP contribution < -0.4 is 5.73 Å². The second-order valence-electron chi connectivity index (χ2n) is 2.29. The van der Waals surface area contributed by atoms with Crippen LogP contribution >= 0.6 is 0 Å². The molecule has 2 heteroatoms. The molecule has 2 N–H and O–H groups in total. The van der Waals surface area contributed by atoms with Gasteiger partial charge in [0.15, 0.2) is 0 Å². The van der Waals surface area contributed by atoms with Crippen LogP contribution in [0.4, 0.5) is 0 Å². The van der Waals surface area contributed by atoms with E-state index in [4.69, 9.17) is 5.73 Å². The summed E-state index contributed by atoms with van der Waals surface area (Å²) in [5.74, 6) is 0.470. The molecule has 0 rings (SSSR count). The average Bonchev–Trinajstić information content (AvgIpc) is 1.82. The quantitative estimate of drug-likeness (QED) is 0.614. The Morgan fingerprint density at radius 2 is 2.22 bits per heavy atom. The van der Waals surface area contributed by atoms with Crippen molar-refractivity contribution in [3.63, 3.8) is 0 Å². The molecule has 0 spiro atoms. The molecule has 1 atom stereocenters. The lowest BCUT2D eigenvalue weighted by Crippen LogP contribution is -2.14. The minimum Gasteiger partial charge on any atom is -0.330 e. The van der Waals surface area contributed by atoms with E-state index in [1.54, 1.807) is 6.92 Å². The van der Waals surface area contributed by atoms with E-state index in [2.05, 4.69) is 0 Å². The van der Waals surface area contributed by atoms with Crippen molar-refractivity contribution in [2.75, 3.05) is 6.54 Å². The molecule has 0 amide bonds. The number of carbonyl (C=O) groups excluding carboxylic acids is 1. The molecular formula is C7H15NO. The highest BCUT2D eigenvalue weighted by atomic mass is 16.1. The number of carbonyl (C=O) groups is 1. The Kier molecular flexibility index (Phi) is 4.32. The van der Waals surface area contributed by atoms with E-state index in [0.29, 0.717) is 6.54 Å². The summed E-state index contributed by atoms with van der Waals surface area (Å²) in [5.41, 5.74) is 5.29. The molecule has 0 aromatic heterocycles. The monoisotopic (exact) mass is 129 g/mol. The first-order chi connectivity index (χ1) is 4.22. The number of rotatable bonds is 4. The second kappa shape index (κ2) is 4.50. The lowest BCUT2D eigenvalue weighted by Gasteiger charge is -2.07. The molecule has 0 heterocycles. The molecular weight excluding hydrogens is 114 g/mol. The third-order valence-electron chi connectivity index (χ3n) is 1.58. The van der Waals surface area contributed by atoms with Crippen molar-refractivity contribution in [3.8, 4) is 0 Å². The smallest absolute Gasteiger partial charge is 0.132 e. The highest BCUT2D eigenvalue weighted by Gasteiger charge is 2.08. The highest BCUT2D eigenvalue weighted by Crippen LogP contribution is 2.06. The standard InChI is InChI=1S/C7H15NO/c1-3-7(4-5-8)6(2)9/h7H,3-5,8H2,1-2H3/t7-/m1/s1. The molecule has 0 aliphatic carbocycles. The van der Waals surface area contributed by atoms with Crippen molar-refractivity contribution in [3.05, 3.63) is 0 Å². The van der Waals surface area contributed by atoms with Crippen LogP contribution in [-0.4, -0.2) is 12.3 Å². The first kappa shape index (κ1) is 8.63. The Morgan fingerprint density at radius 1 is 1.67 bits per heavy atom. The molecule has 0 bridgehead atoms. The number of hydrogen-bond donors (Lipinski definition) is 1. The van der Waals surface area contributed by atoms with Gasteiger partial charge in [-0.05, 0) is 26.3 Å². The molecule has 0 unspecified atom stereocenters. The van der Waals surface area contributed by atoms with E-state index in [1.807, 2.05) is 6.92 Å². The first-order valence-corrected chi connectivity index (χ1v) is 3.42. The molecule has 0 saturated carbocycles. The molecule has 0 aromatic carbocycles. The van der Waals surface area contributed by atoms with Gasteiger partial charge in [0.25, 0.3) is 0 Å². The Hall–Kier alpha value is -0.370. The Bertz CT molecular complexity index is 90.9. The lowest BCUT2D eigenvalue weighted by atomic mass is 9.99. The zero-order chi connectivity index (χ0) is 7.28. The predicted octanol–water partition coefficient (Wildman–Crippen LogP) is 0.950. The molecule has 9 heavy (non-hydrogen) atoms. The summed E-state index contributed by atoms with van der Waals surface area (Å²) in [4.78, 5) is 10.7. The molecule has 0 fully saturated rings. The zero-order valence-electron chi connectivity index (χ0n) is 6.18. The average molecular weight is 129 g/mol. The van der Waals surface area contributed by atoms with Crippen molar-refractivity contribution in [1.82, 2.24) is 0 Å². The van der Waals surface area contributed by atoms with Gasteiger partial charge in [-0.25, -0.2) is 0 Å².